The molecular weight excluding hydrogens is 430 g/mol. The highest BCUT2D eigenvalue weighted by molar-refractivity contribution is 8.18. The number of fused-ring (bicyclic) bond motifs is 1. The predicted octanol–water partition coefficient (Wildman–Crippen LogP) is 2.97. The van der Waals surface area contributed by atoms with Gasteiger partial charge in [0.05, 0.1) is 17.9 Å². The molecule has 2 aromatic carbocycles. The second kappa shape index (κ2) is 9.27. The molecule has 0 saturated carbocycles. The molecule has 32 heavy (non-hydrogen) atoms. The maximum Gasteiger partial charge on any atom is 0.293 e. The lowest BCUT2D eigenvalue weighted by atomic mass is 9.90. The van der Waals surface area contributed by atoms with Crippen molar-refractivity contribution < 1.29 is 23.9 Å². The zero-order valence-corrected chi connectivity index (χ0v) is 18.1. The number of rotatable bonds is 6. The van der Waals surface area contributed by atoms with Gasteiger partial charge in [0.25, 0.3) is 11.1 Å². The van der Waals surface area contributed by atoms with E-state index in [1.54, 1.807) is 55.7 Å². The van der Waals surface area contributed by atoms with E-state index in [2.05, 4.69) is 10.6 Å². The van der Waals surface area contributed by atoms with Crippen molar-refractivity contribution in [3.63, 3.8) is 0 Å². The van der Waals surface area contributed by atoms with E-state index in [4.69, 9.17) is 4.74 Å². The molecule has 164 valence electrons. The number of hydrogen-bond donors (Lipinski definition) is 2. The van der Waals surface area contributed by atoms with Crippen molar-refractivity contribution in [2.75, 3.05) is 25.5 Å². The van der Waals surface area contributed by atoms with Crippen molar-refractivity contribution in [2.24, 2.45) is 0 Å². The lowest BCUT2D eigenvalue weighted by molar-refractivity contribution is -0.126. The van der Waals surface area contributed by atoms with Gasteiger partial charge in [-0.2, -0.15) is 0 Å². The monoisotopic (exact) mass is 451 g/mol. The number of ether oxygens (including phenoxy) is 1. The largest absolute Gasteiger partial charge is 0.497 e. The van der Waals surface area contributed by atoms with E-state index in [9.17, 15) is 19.2 Å². The molecule has 0 aliphatic carbocycles. The summed E-state index contributed by atoms with van der Waals surface area (Å²) in [5.41, 5.74) is 2.15. The summed E-state index contributed by atoms with van der Waals surface area (Å²) in [6, 6.07) is 14.3. The first-order valence-electron chi connectivity index (χ1n) is 10.0. The molecule has 1 fully saturated rings. The van der Waals surface area contributed by atoms with Crippen LogP contribution < -0.4 is 15.4 Å². The van der Waals surface area contributed by atoms with Gasteiger partial charge in [-0.1, -0.05) is 30.3 Å². The average Bonchev–Trinajstić information content (AvgIpc) is 3.06. The number of carbonyl (C=O) groups excluding carboxylic acids is 4. The number of methoxy groups -OCH3 is 1. The summed E-state index contributed by atoms with van der Waals surface area (Å²) in [7, 11) is 1.57. The van der Waals surface area contributed by atoms with Crippen LogP contribution in [0.4, 0.5) is 10.5 Å². The Bertz CT molecular complexity index is 1110. The number of anilines is 1. The minimum absolute atomic E-state index is 0.0506. The number of thioether (sulfide) groups is 1. The predicted molar refractivity (Wildman–Crippen MR) is 121 cm³/mol. The van der Waals surface area contributed by atoms with Crippen LogP contribution in [0.1, 0.15) is 23.5 Å². The van der Waals surface area contributed by atoms with Crippen LogP contribution in [-0.2, 0) is 14.4 Å². The number of nitrogens with one attached hydrogen (secondary N) is 2. The van der Waals surface area contributed by atoms with E-state index in [1.807, 2.05) is 6.07 Å². The Balaban J connectivity index is 1.36. The zero-order chi connectivity index (χ0) is 22.7. The number of nitrogens with zero attached hydrogens (tertiary/aromatic N) is 1. The van der Waals surface area contributed by atoms with Crippen molar-refractivity contribution in [2.45, 2.75) is 12.3 Å². The highest BCUT2D eigenvalue weighted by Gasteiger charge is 2.35. The fourth-order valence-corrected chi connectivity index (χ4v) is 4.47. The Labute approximate surface area is 189 Å². The quantitative estimate of drug-likeness (QED) is 0.655. The molecule has 4 rings (SSSR count). The molecule has 0 spiro atoms. The molecule has 2 aromatic rings. The van der Waals surface area contributed by atoms with Crippen LogP contribution in [0.25, 0.3) is 6.08 Å². The third kappa shape index (κ3) is 4.52. The van der Waals surface area contributed by atoms with Gasteiger partial charge in [-0.3, -0.25) is 24.1 Å². The van der Waals surface area contributed by atoms with Crippen LogP contribution in [0.5, 0.6) is 5.75 Å². The third-order valence-electron chi connectivity index (χ3n) is 5.24. The minimum Gasteiger partial charge on any atom is -0.497 e. The van der Waals surface area contributed by atoms with Gasteiger partial charge in [0, 0.05) is 25.2 Å². The minimum atomic E-state index is -0.607. The van der Waals surface area contributed by atoms with Gasteiger partial charge in [0.1, 0.15) is 5.75 Å². The highest BCUT2D eigenvalue weighted by Crippen LogP contribution is 2.33. The second-order valence-electron chi connectivity index (χ2n) is 7.29. The van der Waals surface area contributed by atoms with Crippen LogP contribution in [0.3, 0.4) is 0 Å². The third-order valence-corrected chi connectivity index (χ3v) is 6.15. The molecule has 0 bridgehead atoms. The van der Waals surface area contributed by atoms with E-state index in [-0.39, 0.29) is 36.6 Å². The first-order chi connectivity index (χ1) is 15.5. The van der Waals surface area contributed by atoms with E-state index in [0.29, 0.717) is 16.3 Å². The lowest BCUT2D eigenvalue weighted by Crippen LogP contribution is -2.40. The molecule has 9 heteroatoms. The number of para-hydroxylation sites is 1. The van der Waals surface area contributed by atoms with Crippen molar-refractivity contribution >= 4 is 46.5 Å². The summed E-state index contributed by atoms with van der Waals surface area (Å²) >= 11 is 0.866. The van der Waals surface area contributed by atoms with Gasteiger partial charge in [-0.05, 0) is 47.2 Å². The molecule has 0 radical (unpaired) electrons. The lowest BCUT2D eigenvalue weighted by Gasteiger charge is -2.25. The van der Waals surface area contributed by atoms with Gasteiger partial charge in [0.15, 0.2) is 0 Å². The Morgan fingerprint density at radius 1 is 1.19 bits per heavy atom. The molecule has 4 amide bonds. The average molecular weight is 452 g/mol. The SMILES string of the molecule is COc1ccc(/C=C2\SC(=O)N(CCNC(=O)C3CC(=O)Nc4ccccc43)C2=O)cc1. The molecule has 2 N–H and O–H groups in total. The number of hydrogen-bond acceptors (Lipinski definition) is 6. The Kier molecular flexibility index (Phi) is 6.27. The van der Waals surface area contributed by atoms with Gasteiger partial charge in [0.2, 0.25) is 11.8 Å². The van der Waals surface area contributed by atoms with Crippen molar-refractivity contribution in [3.8, 4) is 5.75 Å². The maximum absolute atomic E-state index is 12.7. The molecule has 2 aliphatic rings. The molecule has 2 heterocycles. The summed E-state index contributed by atoms with van der Waals surface area (Å²) < 4.78 is 5.12. The number of amides is 4. The summed E-state index contributed by atoms with van der Waals surface area (Å²) in [6.07, 6.45) is 1.70. The van der Waals surface area contributed by atoms with Gasteiger partial charge >= 0.3 is 0 Å². The first kappa shape index (κ1) is 21.6. The van der Waals surface area contributed by atoms with E-state index >= 15 is 0 Å². The molecule has 1 saturated heterocycles. The smallest absolute Gasteiger partial charge is 0.293 e. The summed E-state index contributed by atoms with van der Waals surface area (Å²) in [5, 5.41) is 5.12. The maximum atomic E-state index is 12.7. The number of benzene rings is 2. The topological polar surface area (TPSA) is 105 Å². The van der Waals surface area contributed by atoms with E-state index in [0.717, 1.165) is 27.8 Å². The van der Waals surface area contributed by atoms with Crippen molar-refractivity contribution in [1.82, 2.24) is 10.2 Å². The van der Waals surface area contributed by atoms with Crippen LogP contribution in [0, 0.1) is 0 Å². The van der Waals surface area contributed by atoms with Crippen LogP contribution in [0.15, 0.2) is 53.4 Å². The Hall–Kier alpha value is -3.59. The molecule has 2 aliphatic heterocycles. The zero-order valence-electron chi connectivity index (χ0n) is 17.3. The standard InChI is InChI=1S/C23H21N3O5S/c1-31-15-8-6-14(7-9-15)12-19-22(29)26(23(30)32-19)11-10-24-21(28)17-13-20(27)25-18-5-3-2-4-16(17)18/h2-9,12,17H,10-11,13H2,1H3,(H,24,28)(H,25,27)/b19-12-. The summed E-state index contributed by atoms with van der Waals surface area (Å²) in [6.45, 7) is 0.157. The van der Waals surface area contributed by atoms with Crippen LogP contribution >= 0.6 is 11.8 Å². The van der Waals surface area contributed by atoms with Crippen molar-refractivity contribution in [1.29, 1.82) is 0 Å². The second-order valence-corrected chi connectivity index (χ2v) is 8.28. The van der Waals surface area contributed by atoms with Gasteiger partial charge in [-0.15, -0.1) is 0 Å². The number of imide groups is 1. The molecule has 1 unspecified atom stereocenters. The van der Waals surface area contributed by atoms with Gasteiger partial charge in [-0.25, -0.2) is 0 Å². The number of carbonyl (C=O) groups is 4. The Morgan fingerprint density at radius 3 is 2.69 bits per heavy atom. The molecule has 8 nitrogen and oxygen atoms in total. The van der Waals surface area contributed by atoms with E-state index in [1.165, 1.54) is 0 Å². The fourth-order valence-electron chi connectivity index (χ4n) is 3.60. The summed E-state index contributed by atoms with van der Waals surface area (Å²) in [5.74, 6) is -0.840. The molecule has 0 aromatic heterocycles. The van der Waals surface area contributed by atoms with Gasteiger partial charge < -0.3 is 15.4 Å². The van der Waals surface area contributed by atoms with E-state index < -0.39 is 11.8 Å². The molecular formula is C23H21N3O5S. The summed E-state index contributed by atoms with van der Waals surface area (Å²) in [4.78, 5) is 51.0. The van der Waals surface area contributed by atoms with Crippen molar-refractivity contribution in [3.05, 3.63) is 64.6 Å². The Morgan fingerprint density at radius 2 is 1.94 bits per heavy atom. The fraction of sp³-hybridized carbons (Fsp3) is 0.217. The van der Waals surface area contributed by atoms with Crippen LogP contribution in [-0.4, -0.2) is 48.1 Å². The molecule has 1 atom stereocenters. The highest BCUT2D eigenvalue weighted by atomic mass is 32.2. The van der Waals surface area contributed by atoms with Crippen LogP contribution in [0.2, 0.25) is 0 Å². The first-order valence-corrected chi connectivity index (χ1v) is 10.8. The normalized spacial score (nSPS) is 19.0.